The molecule has 1 N–H and O–H groups in total. The first-order valence-electron chi connectivity index (χ1n) is 9.44. The highest BCUT2D eigenvalue weighted by Gasteiger charge is 2.29. The van der Waals surface area contributed by atoms with Gasteiger partial charge < -0.3 is 10.2 Å². The maximum atomic E-state index is 4.43. The molecule has 1 fully saturated rings. The van der Waals surface area contributed by atoms with Gasteiger partial charge in [0.2, 0.25) is 0 Å². The summed E-state index contributed by atoms with van der Waals surface area (Å²) in [7, 11) is 3.97. The molecule has 0 radical (unpaired) electrons. The number of rotatable bonds is 8. The van der Waals surface area contributed by atoms with Crippen molar-refractivity contribution in [1.82, 2.24) is 15.1 Å². The van der Waals surface area contributed by atoms with E-state index in [0.29, 0.717) is 12.0 Å². The van der Waals surface area contributed by atoms with Crippen molar-refractivity contribution in [3.05, 3.63) is 48.6 Å². The van der Waals surface area contributed by atoms with Crippen LogP contribution in [0.1, 0.15) is 31.7 Å². The van der Waals surface area contributed by atoms with Crippen molar-refractivity contribution in [3.8, 4) is 0 Å². The molecule has 1 aromatic rings. The lowest BCUT2D eigenvalue weighted by Crippen LogP contribution is -2.41. The summed E-state index contributed by atoms with van der Waals surface area (Å²) in [6, 6.07) is 11.4. The number of nitrogens with one attached hydrogen (secondary N) is 1. The summed E-state index contributed by atoms with van der Waals surface area (Å²) in [5.41, 5.74) is 1.40. The lowest BCUT2D eigenvalue weighted by Gasteiger charge is -2.23. The number of unbranched alkanes of at least 4 members (excludes halogenated alkanes) is 1. The van der Waals surface area contributed by atoms with E-state index in [0.717, 1.165) is 45.0 Å². The average Bonchev–Trinajstić information content (AvgIpc) is 2.96. The molecule has 4 heteroatoms. The number of guanidine groups is 1. The Balaban J connectivity index is 1.78. The predicted molar refractivity (Wildman–Crippen MR) is 108 cm³/mol. The van der Waals surface area contributed by atoms with E-state index < -0.39 is 0 Å². The number of nitrogens with zero attached hydrogens (tertiary/aromatic N) is 3. The topological polar surface area (TPSA) is 30.9 Å². The summed E-state index contributed by atoms with van der Waals surface area (Å²) in [6.45, 7) is 10.3. The molecule has 1 heterocycles. The van der Waals surface area contributed by atoms with Crippen molar-refractivity contribution >= 4 is 5.96 Å². The number of benzene rings is 1. The average molecular weight is 343 g/mol. The van der Waals surface area contributed by atoms with Gasteiger partial charge in [0.15, 0.2) is 5.96 Å². The van der Waals surface area contributed by atoms with Crippen molar-refractivity contribution in [1.29, 1.82) is 0 Å². The van der Waals surface area contributed by atoms with E-state index in [-0.39, 0.29) is 0 Å². The van der Waals surface area contributed by atoms with E-state index in [1.165, 1.54) is 12.0 Å². The number of allylic oxidation sites excluding steroid dienone is 1. The maximum Gasteiger partial charge on any atom is 0.193 e. The van der Waals surface area contributed by atoms with Gasteiger partial charge in [0.1, 0.15) is 0 Å². The molecule has 1 aromatic carbocycles. The van der Waals surface area contributed by atoms with E-state index in [1.54, 1.807) is 0 Å². The molecule has 0 spiro atoms. The second-order valence-electron chi connectivity index (χ2n) is 7.15. The first kappa shape index (κ1) is 19.5. The fourth-order valence-corrected chi connectivity index (χ4v) is 3.60. The van der Waals surface area contributed by atoms with Crippen LogP contribution in [0.3, 0.4) is 0 Å². The Bertz CT molecular complexity index is 540. The van der Waals surface area contributed by atoms with Crippen molar-refractivity contribution in [2.75, 3.05) is 33.7 Å². The van der Waals surface area contributed by atoms with Gasteiger partial charge >= 0.3 is 0 Å². The van der Waals surface area contributed by atoms with Gasteiger partial charge in [-0.2, -0.15) is 0 Å². The summed E-state index contributed by atoms with van der Waals surface area (Å²) in [5, 5.41) is 3.57. The first-order valence-corrected chi connectivity index (χ1v) is 9.44. The SMILES string of the molecule is C=CCCCN(C)C(=NC)NCC1CC(C)N(Cc2ccccc2)C1. The van der Waals surface area contributed by atoms with Crippen LogP contribution in [0, 0.1) is 5.92 Å². The number of aliphatic imine (C=N–C) groups is 1. The Morgan fingerprint density at radius 3 is 2.84 bits per heavy atom. The molecular weight excluding hydrogens is 308 g/mol. The lowest BCUT2D eigenvalue weighted by molar-refractivity contribution is 0.255. The Labute approximate surface area is 153 Å². The summed E-state index contributed by atoms with van der Waals surface area (Å²) >= 11 is 0. The first-order chi connectivity index (χ1) is 12.1. The largest absolute Gasteiger partial charge is 0.356 e. The fourth-order valence-electron chi connectivity index (χ4n) is 3.60. The molecule has 2 atom stereocenters. The third kappa shape index (κ3) is 6.20. The summed E-state index contributed by atoms with van der Waals surface area (Å²) in [5.74, 6) is 1.68. The van der Waals surface area contributed by atoms with Gasteiger partial charge in [-0.3, -0.25) is 9.89 Å². The molecule has 1 saturated heterocycles. The second-order valence-corrected chi connectivity index (χ2v) is 7.15. The van der Waals surface area contributed by atoms with Gasteiger partial charge in [-0.05, 0) is 37.7 Å². The van der Waals surface area contributed by atoms with Crippen molar-refractivity contribution in [3.63, 3.8) is 0 Å². The normalized spacial score (nSPS) is 21.3. The molecule has 0 aromatic heterocycles. The van der Waals surface area contributed by atoms with E-state index in [9.17, 15) is 0 Å². The van der Waals surface area contributed by atoms with Crippen LogP contribution in [-0.2, 0) is 6.54 Å². The van der Waals surface area contributed by atoms with Crippen LogP contribution in [0.2, 0.25) is 0 Å². The van der Waals surface area contributed by atoms with Crippen LogP contribution in [-0.4, -0.2) is 55.5 Å². The number of hydrogen-bond acceptors (Lipinski definition) is 2. The molecule has 138 valence electrons. The molecule has 25 heavy (non-hydrogen) atoms. The zero-order valence-corrected chi connectivity index (χ0v) is 16.1. The molecule has 0 saturated carbocycles. The van der Waals surface area contributed by atoms with Crippen molar-refractivity contribution in [2.45, 2.75) is 38.8 Å². The lowest BCUT2D eigenvalue weighted by atomic mass is 10.1. The zero-order chi connectivity index (χ0) is 18.1. The van der Waals surface area contributed by atoms with Gasteiger partial charge in [0.05, 0.1) is 0 Å². The van der Waals surface area contributed by atoms with E-state index in [2.05, 4.69) is 71.0 Å². The van der Waals surface area contributed by atoms with E-state index in [1.807, 2.05) is 13.1 Å². The van der Waals surface area contributed by atoms with Gasteiger partial charge in [0, 0.05) is 46.3 Å². The Morgan fingerprint density at radius 1 is 1.40 bits per heavy atom. The number of hydrogen-bond donors (Lipinski definition) is 1. The van der Waals surface area contributed by atoms with Crippen LogP contribution in [0.15, 0.2) is 48.0 Å². The molecule has 2 unspecified atom stereocenters. The molecule has 1 aliphatic rings. The molecule has 0 amide bonds. The minimum Gasteiger partial charge on any atom is -0.356 e. The third-order valence-electron chi connectivity index (χ3n) is 5.04. The summed E-state index contributed by atoms with van der Waals surface area (Å²) in [6.07, 6.45) is 5.39. The predicted octanol–water partition coefficient (Wildman–Crippen LogP) is 3.37. The van der Waals surface area contributed by atoms with Gasteiger partial charge in [-0.1, -0.05) is 36.4 Å². The monoisotopic (exact) mass is 342 g/mol. The summed E-state index contributed by atoms with van der Waals surface area (Å²) in [4.78, 5) is 9.23. The molecule has 0 aliphatic carbocycles. The van der Waals surface area contributed by atoms with E-state index in [4.69, 9.17) is 0 Å². The fraction of sp³-hybridized carbons (Fsp3) is 0.571. The van der Waals surface area contributed by atoms with Crippen molar-refractivity contribution < 1.29 is 0 Å². The molecule has 2 rings (SSSR count). The zero-order valence-electron chi connectivity index (χ0n) is 16.1. The van der Waals surface area contributed by atoms with Gasteiger partial charge in [-0.15, -0.1) is 6.58 Å². The molecule has 1 aliphatic heterocycles. The molecular formula is C21H34N4. The Morgan fingerprint density at radius 2 is 2.16 bits per heavy atom. The van der Waals surface area contributed by atoms with Crippen molar-refractivity contribution in [2.24, 2.45) is 10.9 Å². The smallest absolute Gasteiger partial charge is 0.193 e. The van der Waals surface area contributed by atoms with Crippen LogP contribution in [0.5, 0.6) is 0 Å². The van der Waals surface area contributed by atoms with Crippen LogP contribution >= 0.6 is 0 Å². The third-order valence-corrected chi connectivity index (χ3v) is 5.04. The van der Waals surface area contributed by atoms with Gasteiger partial charge in [0.25, 0.3) is 0 Å². The number of likely N-dealkylation sites (tertiary alicyclic amines) is 1. The van der Waals surface area contributed by atoms with E-state index >= 15 is 0 Å². The molecule has 4 nitrogen and oxygen atoms in total. The maximum absolute atomic E-state index is 4.43. The van der Waals surface area contributed by atoms with Crippen LogP contribution < -0.4 is 5.32 Å². The minimum atomic E-state index is 0.638. The Kier molecular flexibility index (Phi) is 7.99. The highest BCUT2D eigenvalue weighted by Crippen LogP contribution is 2.24. The van der Waals surface area contributed by atoms with Gasteiger partial charge in [-0.25, -0.2) is 0 Å². The summed E-state index contributed by atoms with van der Waals surface area (Å²) < 4.78 is 0. The standard InChI is InChI=1S/C21H34N4/c1-5-6-10-13-24(4)21(22-3)23-15-20-14-18(2)25(17-20)16-19-11-8-7-9-12-19/h5,7-9,11-12,18,20H,1,6,10,13-17H2,2-4H3,(H,22,23). The quantitative estimate of drug-likeness (QED) is 0.340. The highest BCUT2D eigenvalue weighted by molar-refractivity contribution is 5.79. The van der Waals surface area contributed by atoms with Crippen LogP contribution in [0.25, 0.3) is 0 Å². The Hall–Kier alpha value is -1.81. The minimum absolute atomic E-state index is 0.638. The molecule has 0 bridgehead atoms. The van der Waals surface area contributed by atoms with Crippen LogP contribution in [0.4, 0.5) is 0 Å². The highest BCUT2D eigenvalue weighted by atomic mass is 15.3. The second kappa shape index (κ2) is 10.2.